The monoisotopic (exact) mass is 454 g/mol. The maximum Gasteiger partial charge on any atom is 0.251 e. The summed E-state index contributed by atoms with van der Waals surface area (Å²) in [4.78, 5) is 29.7. The van der Waals surface area contributed by atoms with Crippen LogP contribution >= 0.6 is 27.3 Å². The van der Waals surface area contributed by atoms with Crippen molar-refractivity contribution in [1.29, 1.82) is 0 Å². The smallest absolute Gasteiger partial charge is 0.251 e. The molecule has 0 unspecified atom stereocenters. The number of rotatable bonds is 5. The van der Waals surface area contributed by atoms with E-state index in [2.05, 4.69) is 31.5 Å². The minimum atomic E-state index is -0.299. The van der Waals surface area contributed by atoms with E-state index in [1.165, 1.54) is 0 Å². The molecule has 0 aliphatic heterocycles. The second-order valence-electron chi connectivity index (χ2n) is 6.04. The molecule has 0 atom stereocenters. The van der Waals surface area contributed by atoms with Gasteiger partial charge in [-0.1, -0.05) is 34.1 Å². The van der Waals surface area contributed by atoms with Crippen LogP contribution in [0.4, 0.5) is 5.69 Å². The summed E-state index contributed by atoms with van der Waals surface area (Å²) in [6, 6.07) is 14.4. The number of nitrogens with one attached hydrogen (secondary N) is 2. The second kappa shape index (κ2) is 7.95. The van der Waals surface area contributed by atoms with Crippen LogP contribution in [-0.2, 0) is 4.79 Å². The summed E-state index contributed by atoms with van der Waals surface area (Å²) in [7, 11) is 0. The molecule has 4 aromatic rings. The molecule has 2 aromatic carbocycles. The Bertz CT molecular complexity index is 1120. The lowest BCUT2D eigenvalue weighted by Crippen LogP contribution is -2.32. The number of thiazole rings is 1. The minimum absolute atomic E-state index is 0.107. The fraction of sp³-hybridized carbons (Fsp3) is 0.0500. The van der Waals surface area contributed by atoms with Crippen LogP contribution in [0.15, 0.2) is 70.8 Å². The number of nitrogens with zero attached hydrogens (tertiary/aromatic N) is 2. The first kappa shape index (κ1) is 18.4. The largest absolute Gasteiger partial charge is 0.343 e. The molecule has 0 saturated heterocycles. The third-order valence-corrected chi connectivity index (χ3v) is 5.32. The predicted octanol–water partition coefficient (Wildman–Crippen LogP) is 4.19. The van der Waals surface area contributed by atoms with Gasteiger partial charge in [0, 0.05) is 39.1 Å². The van der Waals surface area contributed by atoms with Gasteiger partial charge in [-0.2, -0.15) is 0 Å². The highest BCUT2D eigenvalue weighted by Crippen LogP contribution is 2.23. The van der Waals surface area contributed by atoms with Gasteiger partial charge in [0.15, 0.2) is 4.96 Å². The molecule has 0 spiro atoms. The van der Waals surface area contributed by atoms with Crippen molar-refractivity contribution < 1.29 is 9.59 Å². The first-order valence-corrected chi connectivity index (χ1v) is 10.1. The Balaban J connectivity index is 1.34. The van der Waals surface area contributed by atoms with E-state index in [9.17, 15) is 9.59 Å². The number of carbonyl (C=O) groups is 2. The summed E-state index contributed by atoms with van der Waals surface area (Å²) in [6.07, 6.45) is 3.93. The topological polar surface area (TPSA) is 75.5 Å². The Hall–Kier alpha value is -2.97. The zero-order valence-corrected chi connectivity index (χ0v) is 17.0. The average Bonchev–Trinajstić information content (AvgIpc) is 3.29. The van der Waals surface area contributed by atoms with E-state index in [1.807, 2.05) is 52.5 Å². The number of halogens is 1. The molecule has 0 radical (unpaired) electrons. The molecule has 6 nitrogen and oxygen atoms in total. The Morgan fingerprint density at radius 3 is 2.71 bits per heavy atom. The molecule has 2 aromatic heterocycles. The molecular weight excluding hydrogens is 440 g/mol. The SMILES string of the molecule is O=C(CNC(=O)c1cccc(Br)c1)Nc1ccc(-c2cn3ccsc3n2)cc1. The number of carbonyl (C=O) groups excluding carboxylic acids is 2. The van der Waals surface area contributed by atoms with E-state index in [1.54, 1.807) is 29.5 Å². The Morgan fingerprint density at radius 2 is 1.96 bits per heavy atom. The van der Waals surface area contributed by atoms with Crippen molar-refractivity contribution in [1.82, 2.24) is 14.7 Å². The number of hydrogen-bond donors (Lipinski definition) is 2. The van der Waals surface area contributed by atoms with Crippen LogP contribution in [0, 0.1) is 0 Å². The highest BCUT2D eigenvalue weighted by atomic mass is 79.9. The van der Waals surface area contributed by atoms with Gasteiger partial charge < -0.3 is 10.6 Å². The first-order chi connectivity index (χ1) is 13.6. The number of benzene rings is 2. The van der Waals surface area contributed by atoms with Crippen molar-refractivity contribution in [2.75, 3.05) is 11.9 Å². The lowest BCUT2D eigenvalue weighted by molar-refractivity contribution is -0.115. The van der Waals surface area contributed by atoms with E-state index in [-0.39, 0.29) is 18.4 Å². The van der Waals surface area contributed by atoms with E-state index in [0.717, 1.165) is 20.7 Å². The number of anilines is 1. The number of imidazole rings is 1. The average molecular weight is 455 g/mol. The van der Waals surface area contributed by atoms with E-state index < -0.39 is 0 Å². The Labute approximate surface area is 173 Å². The third-order valence-electron chi connectivity index (χ3n) is 4.05. The molecular formula is C20H15BrN4O2S. The van der Waals surface area contributed by atoms with Gasteiger partial charge in [-0.15, -0.1) is 11.3 Å². The summed E-state index contributed by atoms with van der Waals surface area (Å²) in [5.41, 5.74) is 3.00. The van der Waals surface area contributed by atoms with Crippen molar-refractivity contribution in [2.24, 2.45) is 0 Å². The molecule has 2 amide bonds. The molecule has 0 saturated carbocycles. The van der Waals surface area contributed by atoms with Gasteiger partial charge >= 0.3 is 0 Å². The minimum Gasteiger partial charge on any atom is -0.343 e. The quantitative estimate of drug-likeness (QED) is 0.474. The number of aromatic nitrogens is 2. The predicted molar refractivity (Wildman–Crippen MR) is 114 cm³/mol. The third kappa shape index (κ3) is 4.13. The van der Waals surface area contributed by atoms with E-state index in [0.29, 0.717) is 11.3 Å². The molecule has 140 valence electrons. The molecule has 0 fully saturated rings. The lowest BCUT2D eigenvalue weighted by Gasteiger charge is -2.08. The zero-order chi connectivity index (χ0) is 19.5. The van der Waals surface area contributed by atoms with Crippen molar-refractivity contribution in [2.45, 2.75) is 0 Å². The van der Waals surface area contributed by atoms with Crippen LogP contribution in [0.2, 0.25) is 0 Å². The molecule has 0 aliphatic carbocycles. The second-order valence-corrected chi connectivity index (χ2v) is 7.83. The fourth-order valence-electron chi connectivity index (χ4n) is 2.69. The van der Waals surface area contributed by atoms with Crippen LogP contribution < -0.4 is 10.6 Å². The van der Waals surface area contributed by atoms with Crippen molar-refractivity contribution >= 4 is 49.7 Å². The summed E-state index contributed by atoms with van der Waals surface area (Å²) in [5.74, 6) is -0.592. The van der Waals surface area contributed by atoms with E-state index in [4.69, 9.17) is 0 Å². The molecule has 28 heavy (non-hydrogen) atoms. The van der Waals surface area contributed by atoms with Gasteiger partial charge in [0.1, 0.15) is 0 Å². The summed E-state index contributed by atoms with van der Waals surface area (Å²) in [5, 5.41) is 7.37. The van der Waals surface area contributed by atoms with Crippen LogP contribution in [0.5, 0.6) is 0 Å². The van der Waals surface area contributed by atoms with Crippen LogP contribution in [0.1, 0.15) is 10.4 Å². The van der Waals surface area contributed by atoms with Crippen LogP contribution in [-0.4, -0.2) is 27.7 Å². The Morgan fingerprint density at radius 1 is 1.14 bits per heavy atom. The highest BCUT2D eigenvalue weighted by molar-refractivity contribution is 9.10. The standard InChI is InChI=1S/C20H15BrN4O2S/c21-15-3-1-2-14(10-15)19(27)22-11-18(26)23-16-6-4-13(5-7-16)17-12-25-8-9-28-20(25)24-17/h1-10,12H,11H2,(H,22,27)(H,23,26). The fourth-order valence-corrected chi connectivity index (χ4v) is 3.79. The highest BCUT2D eigenvalue weighted by Gasteiger charge is 2.09. The van der Waals surface area contributed by atoms with Gasteiger partial charge in [0.05, 0.1) is 12.2 Å². The number of hydrogen-bond acceptors (Lipinski definition) is 4. The zero-order valence-electron chi connectivity index (χ0n) is 14.6. The molecule has 0 aliphatic rings. The lowest BCUT2D eigenvalue weighted by atomic mass is 10.1. The molecule has 2 heterocycles. The van der Waals surface area contributed by atoms with Gasteiger partial charge in [-0.25, -0.2) is 4.98 Å². The number of amides is 2. The molecule has 0 bridgehead atoms. The summed E-state index contributed by atoms with van der Waals surface area (Å²) >= 11 is 4.90. The molecule has 2 N–H and O–H groups in total. The summed E-state index contributed by atoms with van der Waals surface area (Å²) in [6.45, 7) is -0.107. The van der Waals surface area contributed by atoms with Gasteiger partial charge in [-0.05, 0) is 30.3 Å². The van der Waals surface area contributed by atoms with Crippen molar-refractivity contribution in [3.05, 3.63) is 76.3 Å². The maximum atomic E-state index is 12.1. The van der Waals surface area contributed by atoms with Crippen LogP contribution in [0.25, 0.3) is 16.2 Å². The van der Waals surface area contributed by atoms with Gasteiger partial charge in [0.25, 0.3) is 5.91 Å². The van der Waals surface area contributed by atoms with Crippen molar-refractivity contribution in [3.8, 4) is 11.3 Å². The number of fused-ring (bicyclic) bond motifs is 1. The van der Waals surface area contributed by atoms with E-state index >= 15 is 0 Å². The Kier molecular flexibility index (Phi) is 5.23. The van der Waals surface area contributed by atoms with Crippen LogP contribution in [0.3, 0.4) is 0 Å². The molecule has 4 rings (SSSR count). The normalized spacial score (nSPS) is 10.8. The van der Waals surface area contributed by atoms with Gasteiger partial charge in [-0.3, -0.25) is 14.0 Å². The van der Waals surface area contributed by atoms with Gasteiger partial charge in [0.2, 0.25) is 5.91 Å². The maximum absolute atomic E-state index is 12.1. The first-order valence-electron chi connectivity index (χ1n) is 8.45. The summed E-state index contributed by atoms with van der Waals surface area (Å²) < 4.78 is 2.78. The molecule has 8 heteroatoms. The van der Waals surface area contributed by atoms with Crippen molar-refractivity contribution in [3.63, 3.8) is 0 Å².